The quantitative estimate of drug-likeness (QED) is 0.761. The molecule has 0 atom stereocenters. The number of ether oxygens (including phenoxy) is 1. The second-order valence-corrected chi connectivity index (χ2v) is 4.20. The van der Waals surface area contributed by atoms with Crippen LogP contribution in [0.5, 0.6) is 6.01 Å². The van der Waals surface area contributed by atoms with E-state index in [-0.39, 0.29) is 0 Å². The second-order valence-electron chi connectivity index (χ2n) is 3.34. The third-order valence-corrected chi connectivity index (χ3v) is 2.37. The number of hydrogen-bond donors (Lipinski definition) is 0. The average Bonchev–Trinajstić information content (AvgIpc) is 2.11. The van der Waals surface area contributed by atoms with Crippen LogP contribution in [0.3, 0.4) is 0 Å². The molecule has 1 aromatic heterocycles. The van der Waals surface area contributed by atoms with Crippen LogP contribution in [0.15, 0.2) is 10.7 Å². The van der Waals surface area contributed by atoms with E-state index in [1.54, 1.807) is 20.0 Å². The monoisotopic (exact) mass is 254 g/mol. The van der Waals surface area contributed by atoms with Crippen molar-refractivity contribution in [1.82, 2.24) is 9.97 Å². The van der Waals surface area contributed by atoms with Crippen LogP contribution in [-0.4, -0.2) is 15.6 Å². The molecule has 1 heterocycles. The Hall–Kier alpha value is -1.08. The van der Waals surface area contributed by atoms with Gasteiger partial charge in [-0.05, 0) is 36.7 Å². The normalized spacial score (nSPS) is 10.8. The molecule has 0 aliphatic heterocycles. The van der Waals surface area contributed by atoms with E-state index in [0.717, 1.165) is 10.2 Å². The fourth-order valence-electron chi connectivity index (χ4n) is 0.738. The van der Waals surface area contributed by atoms with Crippen LogP contribution in [0.1, 0.15) is 19.5 Å². The molecule has 0 aliphatic carbocycles. The van der Waals surface area contributed by atoms with Crippen LogP contribution >= 0.6 is 15.9 Å². The number of terminal acetylenes is 1. The molecule has 0 aromatic carbocycles. The van der Waals surface area contributed by atoms with Gasteiger partial charge in [-0.2, -0.15) is 4.98 Å². The maximum atomic E-state index is 5.41. The lowest BCUT2D eigenvalue weighted by molar-refractivity contribution is 0.156. The van der Waals surface area contributed by atoms with Gasteiger partial charge in [0.2, 0.25) is 0 Å². The molecule has 0 radical (unpaired) electrons. The molecule has 0 amide bonds. The van der Waals surface area contributed by atoms with Crippen LogP contribution in [0.2, 0.25) is 0 Å². The van der Waals surface area contributed by atoms with Gasteiger partial charge in [-0.15, -0.1) is 6.42 Å². The summed E-state index contributed by atoms with van der Waals surface area (Å²) in [6, 6.07) is 0.300. The lowest BCUT2D eigenvalue weighted by Crippen LogP contribution is -2.26. The van der Waals surface area contributed by atoms with E-state index in [0.29, 0.717) is 6.01 Å². The van der Waals surface area contributed by atoms with Crippen molar-refractivity contribution < 1.29 is 4.74 Å². The van der Waals surface area contributed by atoms with Crippen molar-refractivity contribution in [3.63, 3.8) is 0 Å². The molecule has 3 nitrogen and oxygen atoms in total. The van der Waals surface area contributed by atoms with Gasteiger partial charge in [-0.3, -0.25) is 0 Å². The topological polar surface area (TPSA) is 35.0 Å². The Morgan fingerprint density at radius 1 is 1.57 bits per heavy atom. The van der Waals surface area contributed by atoms with E-state index in [4.69, 9.17) is 11.2 Å². The van der Waals surface area contributed by atoms with Gasteiger partial charge in [-0.25, -0.2) is 4.98 Å². The van der Waals surface area contributed by atoms with Gasteiger partial charge < -0.3 is 4.74 Å². The second kappa shape index (κ2) is 3.97. The van der Waals surface area contributed by atoms with E-state index < -0.39 is 5.60 Å². The molecule has 0 N–H and O–H groups in total. The molecule has 74 valence electrons. The first-order chi connectivity index (χ1) is 6.44. The van der Waals surface area contributed by atoms with Crippen molar-refractivity contribution in [2.75, 3.05) is 0 Å². The van der Waals surface area contributed by atoms with Crippen LogP contribution in [-0.2, 0) is 0 Å². The van der Waals surface area contributed by atoms with Crippen LogP contribution in [0.4, 0.5) is 0 Å². The molecule has 0 saturated heterocycles. The fourth-order valence-corrected chi connectivity index (χ4v) is 0.929. The number of rotatable bonds is 2. The van der Waals surface area contributed by atoms with E-state index in [1.807, 2.05) is 6.92 Å². The smallest absolute Gasteiger partial charge is 0.318 e. The van der Waals surface area contributed by atoms with Gasteiger partial charge in [0.05, 0.1) is 10.2 Å². The minimum atomic E-state index is -0.680. The van der Waals surface area contributed by atoms with Gasteiger partial charge in [0, 0.05) is 6.20 Å². The molecular formula is C10H11BrN2O. The minimum Gasteiger partial charge on any atom is -0.444 e. The maximum Gasteiger partial charge on any atom is 0.318 e. The summed E-state index contributed by atoms with van der Waals surface area (Å²) in [5, 5.41) is 0. The summed E-state index contributed by atoms with van der Waals surface area (Å²) in [6.45, 7) is 5.43. The highest BCUT2D eigenvalue weighted by Crippen LogP contribution is 2.17. The number of aryl methyl sites for hydroxylation is 1. The Labute approximate surface area is 92.0 Å². The maximum absolute atomic E-state index is 5.41. The molecule has 0 saturated carbocycles. The Morgan fingerprint density at radius 3 is 2.71 bits per heavy atom. The fraction of sp³-hybridized carbons (Fsp3) is 0.400. The molecule has 0 spiro atoms. The van der Waals surface area contributed by atoms with Crippen molar-refractivity contribution in [1.29, 1.82) is 0 Å². The van der Waals surface area contributed by atoms with Crippen molar-refractivity contribution >= 4 is 15.9 Å². The van der Waals surface area contributed by atoms with Gasteiger partial charge in [0.1, 0.15) is 0 Å². The van der Waals surface area contributed by atoms with Crippen molar-refractivity contribution in [2.45, 2.75) is 26.4 Å². The summed E-state index contributed by atoms with van der Waals surface area (Å²) < 4.78 is 6.26. The Morgan fingerprint density at radius 2 is 2.21 bits per heavy atom. The van der Waals surface area contributed by atoms with E-state index >= 15 is 0 Å². The summed E-state index contributed by atoms with van der Waals surface area (Å²) in [5.74, 6) is 2.51. The zero-order valence-corrected chi connectivity index (χ0v) is 9.92. The van der Waals surface area contributed by atoms with E-state index in [2.05, 4.69) is 31.8 Å². The number of hydrogen-bond acceptors (Lipinski definition) is 3. The summed E-state index contributed by atoms with van der Waals surface area (Å²) in [6.07, 6.45) is 6.93. The Bertz CT molecular complexity index is 382. The molecule has 0 aliphatic rings. The minimum absolute atomic E-state index is 0.300. The third kappa shape index (κ3) is 2.71. The number of halogens is 1. The summed E-state index contributed by atoms with van der Waals surface area (Å²) in [5.41, 5.74) is 0.142. The molecule has 14 heavy (non-hydrogen) atoms. The van der Waals surface area contributed by atoms with Gasteiger partial charge in [0.15, 0.2) is 5.60 Å². The average molecular weight is 255 g/mol. The predicted octanol–water partition coefficient (Wildman–Crippen LogP) is 2.34. The molecule has 4 heteroatoms. The summed E-state index contributed by atoms with van der Waals surface area (Å²) >= 11 is 3.31. The Balaban J connectivity index is 2.90. The standard InChI is InChI=1S/C10H11BrN2O/c1-5-10(3,4)14-9-12-6-8(11)7(2)13-9/h1,6H,2-4H3. The number of aromatic nitrogens is 2. The highest BCUT2D eigenvalue weighted by atomic mass is 79.9. The summed E-state index contributed by atoms with van der Waals surface area (Å²) in [4.78, 5) is 8.13. The Kier molecular flexibility index (Phi) is 3.12. The summed E-state index contributed by atoms with van der Waals surface area (Å²) in [7, 11) is 0. The van der Waals surface area contributed by atoms with E-state index in [1.165, 1.54) is 0 Å². The molecule has 0 fully saturated rings. The van der Waals surface area contributed by atoms with Gasteiger partial charge >= 0.3 is 6.01 Å². The lowest BCUT2D eigenvalue weighted by Gasteiger charge is -2.18. The van der Waals surface area contributed by atoms with Crippen LogP contribution in [0, 0.1) is 19.3 Å². The van der Waals surface area contributed by atoms with Crippen LogP contribution < -0.4 is 4.74 Å². The lowest BCUT2D eigenvalue weighted by atomic mass is 10.1. The first-order valence-electron chi connectivity index (χ1n) is 4.10. The zero-order valence-electron chi connectivity index (χ0n) is 8.34. The molecule has 0 unspecified atom stereocenters. The van der Waals surface area contributed by atoms with E-state index in [9.17, 15) is 0 Å². The van der Waals surface area contributed by atoms with Crippen molar-refractivity contribution in [3.8, 4) is 18.4 Å². The van der Waals surface area contributed by atoms with Gasteiger partial charge in [-0.1, -0.05) is 5.92 Å². The SMILES string of the molecule is C#CC(C)(C)Oc1ncc(Br)c(C)n1. The molecular weight excluding hydrogens is 244 g/mol. The first-order valence-corrected chi connectivity index (χ1v) is 4.90. The highest BCUT2D eigenvalue weighted by molar-refractivity contribution is 9.10. The van der Waals surface area contributed by atoms with Crippen LogP contribution in [0.25, 0.3) is 0 Å². The zero-order chi connectivity index (χ0) is 10.8. The van der Waals surface area contributed by atoms with Crippen molar-refractivity contribution in [3.05, 3.63) is 16.4 Å². The highest BCUT2D eigenvalue weighted by Gasteiger charge is 2.17. The third-order valence-electron chi connectivity index (χ3n) is 1.59. The van der Waals surface area contributed by atoms with Crippen molar-refractivity contribution in [2.24, 2.45) is 0 Å². The molecule has 0 bridgehead atoms. The molecule has 1 aromatic rings. The molecule has 1 rings (SSSR count). The first kappa shape index (κ1) is 11.0. The predicted molar refractivity (Wildman–Crippen MR) is 58.0 cm³/mol. The largest absolute Gasteiger partial charge is 0.444 e. The number of nitrogens with zero attached hydrogens (tertiary/aromatic N) is 2. The van der Waals surface area contributed by atoms with Gasteiger partial charge in [0.25, 0.3) is 0 Å².